The molecule has 0 spiro atoms. The Kier molecular flexibility index (Phi) is 5.00. The molecule has 0 unspecified atom stereocenters. The summed E-state index contributed by atoms with van der Waals surface area (Å²) >= 11 is 1.55. The summed E-state index contributed by atoms with van der Waals surface area (Å²) in [6, 6.07) is 6.83. The Bertz CT molecular complexity index is 862. The zero-order valence-electron chi connectivity index (χ0n) is 13.6. The second kappa shape index (κ2) is 7.36. The van der Waals surface area contributed by atoms with Gasteiger partial charge < -0.3 is 14.2 Å². The molecule has 2 heterocycles. The van der Waals surface area contributed by atoms with Crippen LogP contribution in [0.1, 0.15) is 20.8 Å². The first-order valence-corrected chi connectivity index (χ1v) is 8.48. The summed E-state index contributed by atoms with van der Waals surface area (Å²) in [6.45, 7) is 5.36. The number of ketones is 1. The van der Waals surface area contributed by atoms with Crippen LogP contribution in [-0.4, -0.2) is 25.0 Å². The molecule has 0 radical (unpaired) electrons. The van der Waals surface area contributed by atoms with Gasteiger partial charge in [-0.3, -0.25) is 4.79 Å². The molecule has 0 fully saturated rings. The first kappa shape index (κ1) is 17.0. The van der Waals surface area contributed by atoms with Gasteiger partial charge in [0.15, 0.2) is 12.4 Å². The number of fused-ring (bicyclic) bond motifs is 1. The number of thiophene rings is 1. The smallest absolute Gasteiger partial charge is 0.344 e. The van der Waals surface area contributed by atoms with Gasteiger partial charge in [-0.2, -0.15) is 0 Å². The number of ether oxygens (including phenoxy) is 3. The van der Waals surface area contributed by atoms with E-state index < -0.39 is 5.97 Å². The zero-order valence-corrected chi connectivity index (χ0v) is 14.4. The van der Waals surface area contributed by atoms with Crippen molar-refractivity contribution in [2.24, 2.45) is 0 Å². The summed E-state index contributed by atoms with van der Waals surface area (Å²) in [5.41, 5.74) is 1.56. The molecule has 1 aromatic heterocycles. The van der Waals surface area contributed by atoms with Crippen LogP contribution in [0, 0.1) is 6.92 Å². The van der Waals surface area contributed by atoms with Gasteiger partial charge in [-0.25, -0.2) is 4.79 Å². The Balaban J connectivity index is 1.71. The van der Waals surface area contributed by atoms with Crippen molar-refractivity contribution in [3.63, 3.8) is 0 Å². The van der Waals surface area contributed by atoms with E-state index in [9.17, 15) is 9.59 Å². The molecule has 1 aliphatic heterocycles. The lowest BCUT2D eigenvalue weighted by molar-refractivity contribution is -0.144. The largest absolute Gasteiger partial charge is 0.482 e. The molecule has 5 nitrogen and oxygen atoms in total. The van der Waals surface area contributed by atoms with Gasteiger partial charge in [0.25, 0.3) is 0 Å². The van der Waals surface area contributed by atoms with Crippen LogP contribution in [0.3, 0.4) is 0 Å². The highest BCUT2D eigenvalue weighted by Crippen LogP contribution is 2.35. The van der Waals surface area contributed by atoms with Crippen molar-refractivity contribution in [3.8, 4) is 11.5 Å². The number of rotatable bonds is 6. The van der Waals surface area contributed by atoms with Crippen molar-refractivity contribution in [2.75, 3.05) is 13.2 Å². The third-order valence-electron chi connectivity index (χ3n) is 3.52. The number of carbonyl (C=O) groups excluding carboxylic acids is 2. The summed E-state index contributed by atoms with van der Waals surface area (Å²) in [5, 5.41) is 1.96. The van der Waals surface area contributed by atoms with Crippen molar-refractivity contribution in [3.05, 3.63) is 64.1 Å². The van der Waals surface area contributed by atoms with Crippen LogP contribution in [0.4, 0.5) is 0 Å². The van der Waals surface area contributed by atoms with Gasteiger partial charge in [-0.15, -0.1) is 11.3 Å². The lowest BCUT2D eigenvalue weighted by Crippen LogP contribution is -2.14. The van der Waals surface area contributed by atoms with Crippen molar-refractivity contribution in [1.29, 1.82) is 0 Å². The minimum atomic E-state index is -0.494. The predicted octanol–water partition coefficient (Wildman–Crippen LogP) is 3.78. The maximum atomic E-state index is 12.4. The van der Waals surface area contributed by atoms with Gasteiger partial charge >= 0.3 is 5.97 Å². The maximum absolute atomic E-state index is 12.4. The molecule has 1 aromatic carbocycles. The van der Waals surface area contributed by atoms with Crippen LogP contribution < -0.4 is 9.47 Å². The van der Waals surface area contributed by atoms with Gasteiger partial charge in [-0.1, -0.05) is 12.7 Å². The number of hydrogen-bond donors (Lipinski definition) is 0. The Morgan fingerprint density at radius 2 is 2.20 bits per heavy atom. The topological polar surface area (TPSA) is 61.8 Å². The van der Waals surface area contributed by atoms with Crippen LogP contribution in [0.25, 0.3) is 6.08 Å². The van der Waals surface area contributed by atoms with E-state index >= 15 is 0 Å². The molecule has 25 heavy (non-hydrogen) atoms. The van der Waals surface area contributed by atoms with Gasteiger partial charge in [0.05, 0.1) is 5.56 Å². The highest BCUT2D eigenvalue weighted by molar-refractivity contribution is 7.11. The third-order valence-corrected chi connectivity index (χ3v) is 4.49. The van der Waals surface area contributed by atoms with Crippen LogP contribution in [0.2, 0.25) is 0 Å². The van der Waals surface area contributed by atoms with Crippen molar-refractivity contribution in [2.45, 2.75) is 6.92 Å². The number of carbonyl (C=O) groups is 2. The SMILES string of the molecule is C=CCOC(=O)COc1ccc2c(c1)O/C(=C/c1sccc1C)C2=O. The van der Waals surface area contributed by atoms with E-state index in [1.165, 1.54) is 6.08 Å². The molecular weight excluding hydrogens is 340 g/mol. The van der Waals surface area contributed by atoms with Crippen molar-refractivity contribution < 1.29 is 23.8 Å². The molecule has 0 N–H and O–H groups in total. The monoisotopic (exact) mass is 356 g/mol. The summed E-state index contributed by atoms with van der Waals surface area (Å²) in [7, 11) is 0. The lowest BCUT2D eigenvalue weighted by atomic mass is 10.1. The average molecular weight is 356 g/mol. The molecule has 128 valence electrons. The number of hydrogen-bond acceptors (Lipinski definition) is 6. The van der Waals surface area contributed by atoms with Crippen molar-refractivity contribution in [1.82, 2.24) is 0 Å². The summed E-state index contributed by atoms with van der Waals surface area (Å²) in [6.07, 6.45) is 3.23. The molecule has 0 atom stereocenters. The van der Waals surface area contributed by atoms with Crippen LogP contribution in [0.15, 0.2) is 48.1 Å². The highest BCUT2D eigenvalue weighted by Gasteiger charge is 2.28. The van der Waals surface area contributed by atoms with E-state index in [1.807, 2.05) is 18.4 Å². The molecule has 3 rings (SSSR count). The lowest BCUT2D eigenvalue weighted by Gasteiger charge is -2.06. The van der Waals surface area contributed by atoms with E-state index in [-0.39, 0.29) is 24.8 Å². The molecular formula is C19H16O5S. The molecule has 0 amide bonds. The minimum Gasteiger partial charge on any atom is -0.482 e. The number of benzene rings is 1. The Morgan fingerprint density at radius 1 is 1.36 bits per heavy atom. The number of aryl methyl sites for hydroxylation is 1. The second-order valence-electron chi connectivity index (χ2n) is 5.33. The van der Waals surface area contributed by atoms with Crippen molar-refractivity contribution >= 4 is 29.2 Å². The van der Waals surface area contributed by atoms with E-state index in [2.05, 4.69) is 6.58 Å². The van der Waals surface area contributed by atoms with E-state index in [0.717, 1.165) is 10.4 Å². The summed E-state index contributed by atoms with van der Waals surface area (Å²) in [4.78, 5) is 24.8. The van der Waals surface area contributed by atoms with Gasteiger partial charge in [0.1, 0.15) is 18.1 Å². The quantitative estimate of drug-likeness (QED) is 0.448. The predicted molar refractivity (Wildman–Crippen MR) is 95.1 cm³/mol. The normalized spacial score (nSPS) is 14.1. The van der Waals surface area contributed by atoms with E-state index in [4.69, 9.17) is 14.2 Å². The number of allylic oxidation sites excluding steroid dienone is 1. The average Bonchev–Trinajstić information content (AvgIpc) is 3.15. The fraction of sp³-hybridized carbons (Fsp3) is 0.158. The fourth-order valence-electron chi connectivity index (χ4n) is 2.24. The van der Waals surface area contributed by atoms with Crippen LogP contribution in [0.5, 0.6) is 11.5 Å². The molecule has 2 aromatic rings. The van der Waals surface area contributed by atoms with Crippen LogP contribution in [-0.2, 0) is 9.53 Å². The molecule has 0 bridgehead atoms. The first-order valence-electron chi connectivity index (χ1n) is 7.60. The summed E-state index contributed by atoms with van der Waals surface area (Å²) < 4.78 is 15.9. The summed E-state index contributed by atoms with van der Waals surface area (Å²) in [5.74, 6) is 0.465. The zero-order chi connectivity index (χ0) is 17.8. The number of esters is 1. The Hall–Kier alpha value is -2.86. The van der Waals surface area contributed by atoms with Gasteiger partial charge in [0.2, 0.25) is 5.78 Å². The van der Waals surface area contributed by atoms with Gasteiger partial charge in [-0.05, 0) is 36.1 Å². The fourth-order valence-corrected chi connectivity index (χ4v) is 3.09. The van der Waals surface area contributed by atoms with Crippen LogP contribution >= 0.6 is 11.3 Å². The van der Waals surface area contributed by atoms with Gasteiger partial charge in [0, 0.05) is 17.0 Å². The molecule has 0 saturated heterocycles. The van der Waals surface area contributed by atoms with E-state index in [0.29, 0.717) is 17.1 Å². The molecule has 0 aliphatic carbocycles. The highest BCUT2D eigenvalue weighted by atomic mass is 32.1. The number of Topliss-reactive ketones (excluding diaryl/α,β-unsaturated/α-hetero) is 1. The molecule has 1 aliphatic rings. The second-order valence-corrected chi connectivity index (χ2v) is 6.27. The minimum absolute atomic E-state index is 0.139. The Labute approximate surface area is 149 Å². The maximum Gasteiger partial charge on any atom is 0.344 e. The molecule has 6 heteroatoms. The molecule has 0 saturated carbocycles. The first-order chi connectivity index (χ1) is 12.1. The standard InChI is InChI=1S/C19H16O5S/c1-3-7-22-18(20)11-23-13-4-5-14-15(9-13)24-16(19(14)21)10-17-12(2)6-8-25-17/h3-6,8-10H,1,7,11H2,2H3/b16-10+. The third kappa shape index (κ3) is 3.80. The Morgan fingerprint density at radius 3 is 2.92 bits per heavy atom. The van der Waals surface area contributed by atoms with E-state index in [1.54, 1.807) is 35.6 Å².